The molecular weight excluding hydrogens is 182 g/mol. The summed E-state index contributed by atoms with van der Waals surface area (Å²) >= 11 is 0. The SMILES string of the molecule is C=CC[N+](CCCOCC)(OC)OC. The Morgan fingerprint density at radius 2 is 1.93 bits per heavy atom. The van der Waals surface area contributed by atoms with Crippen molar-refractivity contribution in [1.82, 2.24) is 0 Å². The molecule has 0 aliphatic heterocycles. The highest BCUT2D eigenvalue weighted by Gasteiger charge is 2.26. The number of nitrogens with zero attached hydrogens (tertiary/aromatic N) is 1. The van der Waals surface area contributed by atoms with Gasteiger partial charge in [-0.15, -0.1) is 0 Å². The molecule has 0 N–H and O–H groups in total. The second-order valence-corrected chi connectivity index (χ2v) is 2.93. The van der Waals surface area contributed by atoms with Crippen molar-refractivity contribution in [3.05, 3.63) is 12.7 Å². The normalized spacial score (nSPS) is 11.6. The number of quaternary nitrogens is 1. The second kappa shape index (κ2) is 7.94. The summed E-state index contributed by atoms with van der Waals surface area (Å²) in [5.74, 6) is 0. The number of hydrogen-bond acceptors (Lipinski definition) is 3. The summed E-state index contributed by atoms with van der Waals surface area (Å²) < 4.78 is 5.25. The molecule has 0 radical (unpaired) electrons. The van der Waals surface area contributed by atoms with E-state index < -0.39 is 0 Å². The van der Waals surface area contributed by atoms with Crippen molar-refractivity contribution < 1.29 is 19.2 Å². The zero-order valence-electron chi connectivity index (χ0n) is 9.49. The van der Waals surface area contributed by atoms with E-state index in [0.717, 1.165) is 26.2 Å². The molecule has 0 unspecified atom stereocenters. The molecule has 4 nitrogen and oxygen atoms in total. The van der Waals surface area contributed by atoms with Gasteiger partial charge in [0.25, 0.3) is 0 Å². The van der Waals surface area contributed by atoms with E-state index in [9.17, 15) is 0 Å². The van der Waals surface area contributed by atoms with Crippen LogP contribution in [0.15, 0.2) is 12.7 Å². The lowest BCUT2D eigenvalue weighted by Gasteiger charge is -2.28. The molecule has 0 amide bonds. The molecule has 84 valence electrons. The lowest BCUT2D eigenvalue weighted by atomic mass is 10.4. The fraction of sp³-hybridized carbons (Fsp3) is 0.800. The first kappa shape index (κ1) is 13.6. The van der Waals surface area contributed by atoms with Crippen LogP contribution in [0.25, 0.3) is 0 Å². The van der Waals surface area contributed by atoms with Crippen LogP contribution in [0.2, 0.25) is 0 Å². The van der Waals surface area contributed by atoms with Gasteiger partial charge in [-0.3, -0.25) is 0 Å². The van der Waals surface area contributed by atoms with Gasteiger partial charge in [0.2, 0.25) is 0 Å². The third-order valence-electron chi connectivity index (χ3n) is 2.06. The molecule has 0 heterocycles. The summed E-state index contributed by atoms with van der Waals surface area (Å²) in [7, 11) is 3.27. The summed E-state index contributed by atoms with van der Waals surface area (Å²) in [4.78, 5) is 10.7. The zero-order chi connectivity index (χ0) is 10.9. The van der Waals surface area contributed by atoms with Gasteiger partial charge in [0.1, 0.15) is 6.54 Å². The Hall–Kier alpha value is -0.420. The van der Waals surface area contributed by atoms with Crippen LogP contribution < -0.4 is 0 Å². The quantitative estimate of drug-likeness (QED) is 0.247. The van der Waals surface area contributed by atoms with Crippen molar-refractivity contribution in [2.24, 2.45) is 0 Å². The molecule has 0 atom stereocenters. The Kier molecular flexibility index (Phi) is 7.70. The molecule has 0 spiro atoms. The highest BCUT2D eigenvalue weighted by atomic mass is 17.0. The van der Waals surface area contributed by atoms with Crippen LogP contribution in [0.1, 0.15) is 13.3 Å². The number of hydrogen-bond donors (Lipinski definition) is 0. The summed E-state index contributed by atoms with van der Waals surface area (Å²) in [6, 6.07) is 0. The van der Waals surface area contributed by atoms with Crippen LogP contribution in [0.3, 0.4) is 0 Å². The van der Waals surface area contributed by atoms with E-state index in [0.29, 0.717) is 6.54 Å². The molecule has 0 aromatic carbocycles. The van der Waals surface area contributed by atoms with Crippen molar-refractivity contribution in [2.45, 2.75) is 13.3 Å². The molecule has 0 aromatic heterocycles. The number of hydroxylamine groups is 4. The van der Waals surface area contributed by atoms with Gasteiger partial charge < -0.3 is 4.74 Å². The van der Waals surface area contributed by atoms with E-state index in [1.165, 1.54) is 0 Å². The minimum atomic E-state index is 0.149. The molecule has 0 saturated carbocycles. The fourth-order valence-corrected chi connectivity index (χ4v) is 1.25. The maximum atomic E-state index is 5.30. The monoisotopic (exact) mass is 204 g/mol. The van der Waals surface area contributed by atoms with E-state index in [2.05, 4.69) is 6.58 Å². The van der Waals surface area contributed by atoms with E-state index in [1.54, 1.807) is 20.3 Å². The van der Waals surface area contributed by atoms with Crippen LogP contribution in [-0.2, 0) is 14.4 Å². The van der Waals surface area contributed by atoms with Gasteiger partial charge in [-0.2, -0.15) is 9.68 Å². The Morgan fingerprint density at radius 1 is 1.29 bits per heavy atom. The van der Waals surface area contributed by atoms with Gasteiger partial charge >= 0.3 is 0 Å². The van der Waals surface area contributed by atoms with Crippen LogP contribution in [0.5, 0.6) is 0 Å². The molecular formula is C10H22NO3+. The molecule has 0 aromatic rings. The summed E-state index contributed by atoms with van der Waals surface area (Å²) in [6.07, 6.45) is 2.69. The highest BCUT2D eigenvalue weighted by molar-refractivity contribution is 4.63. The maximum absolute atomic E-state index is 5.30. The molecule has 0 fully saturated rings. The van der Waals surface area contributed by atoms with E-state index in [1.807, 2.05) is 6.92 Å². The van der Waals surface area contributed by atoms with E-state index in [-0.39, 0.29) is 4.81 Å². The van der Waals surface area contributed by atoms with Crippen LogP contribution in [-0.4, -0.2) is 45.3 Å². The fourth-order valence-electron chi connectivity index (χ4n) is 1.25. The maximum Gasteiger partial charge on any atom is 0.160 e. The van der Waals surface area contributed by atoms with Gasteiger partial charge in [0.05, 0.1) is 20.8 Å². The van der Waals surface area contributed by atoms with Crippen molar-refractivity contribution in [3.63, 3.8) is 0 Å². The highest BCUT2D eigenvalue weighted by Crippen LogP contribution is 2.09. The lowest BCUT2D eigenvalue weighted by Crippen LogP contribution is -2.47. The molecule has 14 heavy (non-hydrogen) atoms. The molecule has 0 aliphatic carbocycles. The molecule has 4 heteroatoms. The third kappa shape index (κ3) is 4.72. The summed E-state index contributed by atoms with van der Waals surface area (Å²) in [5.41, 5.74) is 0. The van der Waals surface area contributed by atoms with Gasteiger partial charge in [0, 0.05) is 13.0 Å². The van der Waals surface area contributed by atoms with E-state index >= 15 is 0 Å². The van der Waals surface area contributed by atoms with Crippen molar-refractivity contribution in [2.75, 3.05) is 40.5 Å². The van der Waals surface area contributed by atoms with Crippen molar-refractivity contribution >= 4 is 0 Å². The number of ether oxygens (including phenoxy) is 1. The van der Waals surface area contributed by atoms with Gasteiger partial charge in [0.15, 0.2) is 6.54 Å². The minimum Gasteiger partial charge on any atom is -0.382 e. The first-order chi connectivity index (χ1) is 6.74. The van der Waals surface area contributed by atoms with Crippen LogP contribution >= 0.6 is 0 Å². The first-order valence-corrected chi connectivity index (χ1v) is 4.92. The van der Waals surface area contributed by atoms with E-state index in [4.69, 9.17) is 14.4 Å². The molecule has 0 bridgehead atoms. The number of rotatable bonds is 9. The van der Waals surface area contributed by atoms with Gasteiger partial charge in [-0.25, -0.2) is 0 Å². The second-order valence-electron chi connectivity index (χ2n) is 2.93. The van der Waals surface area contributed by atoms with Gasteiger partial charge in [-0.05, 0) is 17.8 Å². The molecule has 0 saturated heterocycles. The van der Waals surface area contributed by atoms with Crippen LogP contribution in [0, 0.1) is 0 Å². The Morgan fingerprint density at radius 3 is 2.36 bits per heavy atom. The predicted octanol–water partition coefficient (Wildman–Crippen LogP) is 1.54. The predicted molar refractivity (Wildman–Crippen MR) is 55.3 cm³/mol. The van der Waals surface area contributed by atoms with Crippen molar-refractivity contribution in [1.29, 1.82) is 0 Å². The standard InChI is InChI=1S/C10H22NO3/c1-5-8-11(12-3,13-4)9-7-10-14-6-2/h5H,1,6-10H2,2-4H3/q+1. The Labute approximate surface area is 86.6 Å². The molecule has 0 rings (SSSR count). The largest absolute Gasteiger partial charge is 0.382 e. The zero-order valence-corrected chi connectivity index (χ0v) is 9.49. The average Bonchev–Trinajstić information content (AvgIpc) is 2.23. The van der Waals surface area contributed by atoms with Crippen molar-refractivity contribution in [3.8, 4) is 0 Å². The smallest absolute Gasteiger partial charge is 0.160 e. The summed E-state index contributed by atoms with van der Waals surface area (Å²) in [5, 5.41) is 0. The average molecular weight is 204 g/mol. The lowest BCUT2D eigenvalue weighted by molar-refractivity contribution is -1.24. The topological polar surface area (TPSA) is 27.7 Å². The van der Waals surface area contributed by atoms with Gasteiger partial charge in [-0.1, -0.05) is 6.58 Å². The summed E-state index contributed by atoms with van der Waals surface area (Å²) in [6.45, 7) is 8.55. The third-order valence-corrected chi connectivity index (χ3v) is 2.06. The Balaban J connectivity index is 3.87. The minimum absolute atomic E-state index is 0.149. The Bertz CT molecular complexity index is 146. The molecule has 0 aliphatic rings. The first-order valence-electron chi connectivity index (χ1n) is 4.92. The van der Waals surface area contributed by atoms with Crippen LogP contribution in [0.4, 0.5) is 0 Å².